The van der Waals surface area contributed by atoms with Crippen LogP contribution < -0.4 is 17.0 Å². The summed E-state index contributed by atoms with van der Waals surface area (Å²) in [6.07, 6.45) is 0. The lowest BCUT2D eigenvalue weighted by molar-refractivity contribution is -0.141. The number of nitrogens with zero attached hydrogens (tertiary/aromatic N) is 2. The normalized spacial score (nSPS) is 10.5. The number of Topliss-reactive ketones (excluding diaryl/α,β-unsaturated/α-hetero) is 1. The fraction of sp³-hybridized carbons (Fsp3) is 0.174. The van der Waals surface area contributed by atoms with Crippen molar-refractivity contribution < 1.29 is 23.9 Å². The molecule has 10 nitrogen and oxygen atoms in total. The molecule has 0 fully saturated rings. The molecule has 0 bridgehead atoms. The van der Waals surface area contributed by atoms with Crippen molar-refractivity contribution in [3.63, 3.8) is 0 Å². The van der Waals surface area contributed by atoms with Crippen molar-refractivity contribution in [3.05, 3.63) is 97.1 Å². The minimum atomic E-state index is -1.10. The molecular weight excluding hydrogens is 466 g/mol. The molecule has 176 valence electrons. The van der Waals surface area contributed by atoms with Gasteiger partial charge in [0.15, 0.2) is 6.61 Å². The number of nitrogen functional groups attached to an aromatic ring is 1. The van der Waals surface area contributed by atoms with Crippen molar-refractivity contribution in [2.24, 2.45) is 0 Å². The van der Waals surface area contributed by atoms with Gasteiger partial charge in [0.2, 0.25) is 5.78 Å². The monoisotopic (exact) mass is 485 g/mol. The van der Waals surface area contributed by atoms with E-state index in [9.17, 15) is 24.0 Å². The largest absolute Gasteiger partial charge is 0.468 e. The molecule has 2 N–H and O–H groups in total. The zero-order valence-corrected chi connectivity index (χ0v) is 18.8. The average Bonchev–Trinajstić information content (AvgIpc) is 2.83. The molecule has 11 heteroatoms. The zero-order chi connectivity index (χ0) is 24.8. The smallest absolute Gasteiger partial charge is 0.340 e. The Balaban J connectivity index is 2.00. The van der Waals surface area contributed by atoms with Crippen LogP contribution >= 0.6 is 11.6 Å². The Labute approximate surface area is 198 Å². The molecule has 34 heavy (non-hydrogen) atoms. The first-order chi connectivity index (χ1) is 16.2. The molecule has 0 saturated heterocycles. The summed E-state index contributed by atoms with van der Waals surface area (Å²) in [5.74, 6) is -3.13. The lowest BCUT2D eigenvalue weighted by Crippen LogP contribution is -2.46. The number of ketones is 1. The summed E-state index contributed by atoms with van der Waals surface area (Å²) in [4.78, 5) is 62.9. The van der Waals surface area contributed by atoms with Crippen LogP contribution in [0.1, 0.15) is 26.3 Å². The van der Waals surface area contributed by atoms with Gasteiger partial charge in [-0.05, 0) is 17.7 Å². The van der Waals surface area contributed by atoms with Crippen molar-refractivity contribution in [2.75, 3.05) is 19.5 Å². The summed E-state index contributed by atoms with van der Waals surface area (Å²) in [6.45, 7) is -1.65. The number of methoxy groups -OCH3 is 1. The average molecular weight is 486 g/mol. The second kappa shape index (κ2) is 10.6. The maximum Gasteiger partial charge on any atom is 0.340 e. The van der Waals surface area contributed by atoms with Crippen LogP contribution in [0, 0.1) is 0 Å². The van der Waals surface area contributed by atoms with Crippen LogP contribution in [0.3, 0.4) is 0 Å². The Morgan fingerprint density at radius 2 is 1.62 bits per heavy atom. The Morgan fingerprint density at radius 3 is 2.26 bits per heavy atom. The molecule has 3 rings (SSSR count). The second-order valence-corrected chi connectivity index (χ2v) is 7.47. The maximum absolute atomic E-state index is 13.0. The zero-order valence-electron chi connectivity index (χ0n) is 18.0. The Bertz CT molecular complexity index is 1360. The van der Waals surface area contributed by atoms with Gasteiger partial charge in [0.05, 0.1) is 24.2 Å². The molecule has 0 aliphatic heterocycles. The first kappa shape index (κ1) is 24.5. The van der Waals surface area contributed by atoms with E-state index in [4.69, 9.17) is 22.1 Å². The van der Waals surface area contributed by atoms with E-state index >= 15 is 0 Å². The van der Waals surface area contributed by atoms with Gasteiger partial charge in [-0.2, -0.15) is 0 Å². The molecule has 0 amide bonds. The molecule has 1 aromatic heterocycles. The number of rotatable bonds is 8. The predicted octanol–water partition coefficient (Wildman–Crippen LogP) is 1.51. The standard InChI is InChI=1S/C23H20ClN3O7/c1-33-18(29)12-27-21(30)19(17(28)13-34-22(31)15-9-5-6-10-16(15)24)20(25)26(23(27)32)11-14-7-3-2-4-8-14/h2-10H,11-13,25H2,1H3. The second-order valence-electron chi connectivity index (χ2n) is 7.06. The van der Waals surface area contributed by atoms with Crippen LogP contribution in [0.2, 0.25) is 5.02 Å². The number of hydrogen-bond acceptors (Lipinski definition) is 8. The van der Waals surface area contributed by atoms with Gasteiger partial charge in [-0.3, -0.25) is 19.0 Å². The van der Waals surface area contributed by atoms with Crippen molar-refractivity contribution in [3.8, 4) is 0 Å². The van der Waals surface area contributed by atoms with E-state index < -0.39 is 53.5 Å². The number of esters is 2. The molecule has 1 heterocycles. The fourth-order valence-corrected chi connectivity index (χ4v) is 3.35. The van der Waals surface area contributed by atoms with Gasteiger partial charge in [0.25, 0.3) is 5.56 Å². The van der Waals surface area contributed by atoms with Crippen LogP contribution in [-0.4, -0.2) is 40.6 Å². The molecule has 0 radical (unpaired) electrons. The number of carbonyl (C=O) groups is 3. The predicted molar refractivity (Wildman–Crippen MR) is 123 cm³/mol. The summed E-state index contributed by atoms with van der Waals surface area (Å²) in [7, 11) is 1.09. The Morgan fingerprint density at radius 1 is 0.971 bits per heavy atom. The Hall–Kier alpha value is -4.18. The van der Waals surface area contributed by atoms with Crippen molar-refractivity contribution in [1.29, 1.82) is 0 Å². The van der Waals surface area contributed by atoms with Crippen LogP contribution in [0.15, 0.2) is 64.2 Å². The van der Waals surface area contributed by atoms with Crippen molar-refractivity contribution >= 4 is 35.1 Å². The van der Waals surface area contributed by atoms with Gasteiger partial charge in [0, 0.05) is 0 Å². The molecule has 2 aromatic carbocycles. The van der Waals surface area contributed by atoms with Gasteiger partial charge in [0.1, 0.15) is 17.9 Å². The number of hydrogen-bond donors (Lipinski definition) is 1. The first-order valence-corrected chi connectivity index (χ1v) is 10.3. The minimum absolute atomic E-state index is 0.0297. The Kier molecular flexibility index (Phi) is 7.64. The van der Waals surface area contributed by atoms with Gasteiger partial charge in [-0.25, -0.2) is 14.2 Å². The summed E-state index contributed by atoms with van der Waals surface area (Å²) < 4.78 is 11.1. The third-order valence-electron chi connectivity index (χ3n) is 4.87. The highest BCUT2D eigenvalue weighted by atomic mass is 35.5. The van der Waals surface area contributed by atoms with E-state index in [-0.39, 0.29) is 17.1 Å². The van der Waals surface area contributed by atoms with E-state index in [1.807, 2.05) is 0 Å². The molecule has 0 spiro atoms. The van der Waals surface area contributed by atoms with E-state index in [2.05, 4.69) is 4.74 Å². The van der Waals surface area contributed by atoms with Crippen LogP contribution in [0.25, 0.3) is 0 Å². The summed E-state index contributed by atoms with van der Waals surface area (Å²) in [5, 5.41) is 0.122. The van der Waals surface area contributed by atoms with Crippen molar-refractivity contribution in [1.82, 2.24) is 9.13 Å². The topological polar surface area (TPSA) is 140 Å². The molecular formula is C23H20ClN3O7. The number of ether oxygens (including phenoxy) is 2. The van der Waals surface area contributed by atoms with Gasteiger partial charge in [-0.15, -0.1) is 0 Å². The molecule has 0 unspecified atom stereocenters. The molecule has 0 aliphatic rings. The van der Waals surface area contributed by atoms with Crippen LogP contribution in [0.5, 0.6) is 0 Å². The minimum Gasteiger partial charge on any atom is -0.468 e. The van der Waals surface area contributed by atoms with E-state index in [1.165, 1.54) is 12.1 Å². The van der Waals surface area contributed by atoms with Crippen molar-refractivity contribution in [2.45, 2.75) is 13.1 Å². The van der Waals surface area contributed by atoms with E-state index in [0.29, 0.717) is 10.1 Å². The van der Waals surface area contributed by atoms with Crippen LogP contribution in [-0.2, 0) is 27.4 Å². The summed E-state index contributed by atoms with van der Waals surface area (Å²) >= 11 is 5.96. The molecule has 0 atom stereocenters. The first-order valence-electron chi connectivity index (χ1n) is 9.93. The van der Waals surface area contributed by atoms with Gasteiger partial charge < -0.3 is 15.2 Å². The molecule has 0 saturated carbocycles. The lowest BCUT2D eigenvalue weighted by Gasteiger charge is -2.16. The lowest BCUT2D eigenvalue weighted by atomic mass is 10.1. The summed E-state index contributed by atoms with van der Waals surface area (Å²) in [5.41, 5.74) is 4.15. The summed E-state index contributed by atoms with van der Waals surface area (Å²) in [6, 6.07) is 14.7. The number of carbonyl (C=O) groups excluding carboxylic acids is 3. The SMILES string of the molecule is COC(=O)Cn1c(=O)c(C(=O)COC(=O)c2ccccc2Cl)c(N)n(Cc2ccccc2)c1=O. The third-order valence-corrected chi connectivity index (χ3v) is 5.20. The van der Waals surface area contributed by atoms with E-state index in [0.717, 1.165) is 11.7 Å². The van der Waals surface area contributed by atoms with Crippen LogP contribution in [0.4, 0.5) is 5.82 Å². The number of anilines is 1. The van der Waals surface area contributed by atoms with Gasteiger partial charge >= 0.3 is 17.6 Å². The highest BCUT2D eigenvalue weighted by Crippen LogP contribution is 2.16. The quantitative estimate of drug-likeness (QED) is 0.374. The molecule has 0 aliphatic carbocycles. The number of aromatic nitrogens is 2. The number of benzene rings is 2. The van der Waals surface area contributed by atoms with Gasteiger partial charge in [-0.1, -0.05) is 54.1 Å². The fourth-order valence-electron chi connectivity index (χ4n) is 3.14. The third kappa shape index (κ3) is 5.24. The highest BCUT2D eigenvalue weighted by Gasteiger charge is 2.25. The molecule has 3 aromatic rings. The number of halogens is 1. The highest BCUT2D eigenvalue weighted by molar-refractivity contribution is 6.33. The number of nitrogens with two attached hydrogens (primary N) is 1. The maximum atomic E-state index is 13.0. The van der Waals surface area contributed by atoms with E-state index in [1.54, 1.807) is 42.5 Å².